The van der Waals surface area contributed by atoms with Gasteiger partial charge in [-0.05, 0) is 30.7 Å². The van der Waals surface area contributed by atoms with E-state index < -0.39 is 0 Å². The molecule has 3 aromatic rings. The molecule has 2 N–H and O–H groups in total. The number of aromatic nitrogens is 2. The number of rotatable bonds is 5. The van der Waals surface area contributed by atoms with Gasteiger partial charge in [-0.15, -0.1) is 5.10 Å². The van der Waals surface area contributed by atoms with Crippen LogP contribution in [0.2, 0.25) is 0 Å². The van der Waals surface area contributed by atoms with Gasteiger partial charge in [-0.25, -0.2) is 4.68 Å². The molecule has 3 rings (SSSR count). The number of benzene rings is 2. The topological polar surface area (TPSA) is 41.9 Å². The summed E-state index contributed by atoms with van der Waals surface area (Å²) < 4.78 is 1.77. The zero-order chi connectivity index (χ0) is 16.1. The van der Waals surface area contributed by atoms with Gasteiger partial charge in [-0.2, -0.15) is 0 Å². The SMILES string of the molecule is CCC(=S)n1nc(Nc2ccccc2)cc1Nc1ccccc1. The highest BCUT2D eigenvalue weighted by Gasteiger charge is 2.11. The van der Waals surface area contributed by atoms with Gasteiger partial charge >= 0.3 is 0 Å². The van der Waals surface area contributed by atoms with Crippen LogP contribution in [-0.4, -0.2) is 14.8 Å². The Labute approximate surface area is 141 Å². The average molecular weight is 322 g/mol. The van der Waals surface area contributed by atoms with Crippen LogP contribution in [-0.2, 0) is 0 Å². The highest BCUT2D eigenvalue weighted by Crippen LogP contribution is 2.23. The molecule has 0 saturated carbocycles. The molecular weight excluding hydrogens is 304 g/mol. The van der Waals surface area contributed by atoms with Crippen LogP contribution in [0.1, 0.15) is 13.3 Å². The lowest BCUT2D eigenvalue weighted by Crippen LogP contribution is -2.12. The van der Waals surface area contributed by atoms with E-state index in [2.05, 4.69) is 15.7 Å². The van der Waals surface area contributed by atoms with Crippen molar-refractivity contribution in [3.05, 3.63) is 66.7 Å². The normalized spacial score (nSPS) is 10.3. The number of hydrogen-bond acceptors (Lipinski definition) is 4. The summed E-state index contributed by atoms with van der Waals surface area (Å²) >= 11 is 5.44. The molecule has 116 valence electrons. The maximum absolute atomic E-state index is 5.44. The minimum absolute atomic E-state index is 0.755. The molecule has 0 bridgehead atoms. The first-order chi connectivity index (χ1) is 11.3. The Kier molecular flexibility index (Phi) is 4.68. The molecule has 0 aliphatic heterocycles. The molecule has 5 heteroatoms. The van der Waals surface area contributed by atoms with Crippen molar-refractivity contribution in [2.24, 2.45) is 0 Å². The van der Waals surface area contributed by atoms with Crippen molar-refractivity contribution in [2.45, 2.75) is 13.3 Å². The minimum atomic E-state index is 0.755. The summed E-state index contributed by atoms with van der Waals surface area (Å²) in [5.41, 5.74) is 1.99. The second kappa shape index (κ2) is 7.07. The zero-order valence-corrected chi connectivity index (χ0v) is 13.7. The maximum atomic E-state index is 5.44. The van der Waals surface area contributed by atoms with Gasteiger partial charge in [0.1, 0.15) is 10.8 Å². The second-order valence-electron chi connectivity index (χ2n) is 5.06. The highest BCUT2D eigenvalue weighted by atomic mass is 32.1. The summed E-state index contributed by atoms with van der Waals surface area (Å²) in [5, 5.41) is 11.2. The summed E-state index contributed by atoms with van der Waals surface area (Å²) in [5.74, 6) is 1.60. The van der Waals surface area contributed by atoms with E-state index in [0.29, 0.717) is 0 Å². The van der Waals surface area contributed by atoms with Crippen LogP contribution in [0.3, 0.4) is 0 Å². The molecule has 0 unspecified atom stereocenters. The van der Waals surface area contributed by atoms with E-state index in [1.54, 1.807) is 4.68 Å². The Hall–Kier alpha value is -2.66. The average Bonchev–Trinajstić information content (AvgIpc) is 2.98. The fourth-order valence-electron chi connectivity index (χ4n) is 2.21. The van der Waals surface area contributed by atoms with Crippen LogP contribution in [0.15, 0.2) is 66.7 Å². The predicted octanol–water partition coefficient (Wildman–Crippen LogP) is 4.96. The van der Waals surface area contributed by atoms with E-state index in [4.69, 9.17) is 12.2 Å². The monoisotopic (exact) mass is 322 g/mol. The molecule has 0 radical (unpaired) electrons. The van der Waals surface area contributed by atoms with Gasteiger partial charge in [0, 0.05) is 17.4 Å². The third kappa shape index (κ3) is 3.76. The molecule has 0 atom stereocenters. The Bertz CT molecular complexity index is 781. The predicted molar refractivity (Wildman–Crippen MR) is 100.0 cm³/mol. The van der Waals surface area contributed by atoms with Crippen LogP contribution in [0.5, 0.6) is 0 Å². The van der Waals surface area contributed by atoms with Crippen molar-refractivity contribution in [1.82, 2.24) is 9.78 Å². The first-order valence-electron chi connectivity index (χ1n) is 7.53. The number of anilines is 4. The molecule has 1 heterocycles. The number of nitrogens with one attached hydrogen (secondary N) is 2. The van der Waals surface area contributed by atoms with E-state index in [1.165, 1.54) is 0 Å². The molecule has 0 amide bonds. The molecule has 23 heavy (non-hydrogen) atoms. The second-order valence-corrected chi connectivity index (χ2v) is 5.53. The van der Waals surface area contributed by atoms with Crippen LogP contribution < -0.4 is 10.6 Å². The molecule has 4 nitrogen and oxygen atoms in total. The molecule has 0 saturated heterocycles. The number of hydrogen-bond donors (Lipinski definition) is 2. The fourth-order valence-corrected chi connectivity index (χ4v) is 2.35. The quantitative estimate of drug-likeness (QED) is 0.652. The van der Waals surface area contributed by atoms with Crippen molar-refractivity contribution in [2.75, 3.05) is 10.6 Å². The summed E-state index contributed by atoms with van der Waals surface area (Å²) in [6.07, 6.45) is 0.755. The Morgan fingerprint density at radius 3 is 2.09 bits per heavy atom. The van der Waals surface area contributed by atoms with Crippen molar-refractivity contribution in [3.63, 3.8) is 0 Å². The largest absolute Gasteiger partial charge is 0.340 e. The fraction of sp³-hybridized carbons (Fsp3) is 0.111. The van der Waals surface area contributed by atoms with Gasteiger partial charge in [0.15, 0.2) is 5.82 Å². The van der Waals surface area contributed by atoms with E-state index in [0.717, 1.165) is 34.4 Å². The van der Waals surface area contributed by atoms with Crippen LogP contribution in [0, 0.1) is 0 Å². The van der Waals surface area contributed by atoms with E-state index in [1.807, 2.05) is 73.7 Å². The Morgan fingerprint density at radius 1 is 0.957 bits per heavy atom. The van der Waals surface area contributed by atoms with Crippen LogP contribution >= 0.6 is 12.2 Å². The molecule has 0 fully saturated rings. The number of nitrogens with zero attached hydrogens (tertiary/aromatic N) is 2. The molecule has 0 spiro atoms. The van der Waals surface area contributed by atoms with E-state index >= 15 is 0 Å². The van der Waals surface area contributed by atoms with Crippen molar-refractivity contribution in [3.8, 4) is 0 Å². The first-order valence-corrected chi connectivity index (χ1v) is 7.94. The van der Waals surface area contributed by atoms with Gasteiger partial charge in [0.05, 0.1) is 0 Å². The van der Waals surface area contributed by atoms with Gasteiger partial charge in [-0.1, -0.05) is 55.5 Å². The zero-order valence-electron chi connectivity index (χ0n) is 12.9. The Morgan fingerprint density at radius 2 is 1.52 bits per heavy atom. The highest BCUT2D eigenvalue weighted by molar-refractivity contribution is 7.80. The van der Waals surface area contributed by atoms with Gasteiger partial charge < -0.3 is 10.6 Å². The van der Waals surface area contributed by atoms with E-state index in [-0.39, 0.29) is 0 Å². The van der Waals surface area contributed by atoms with Gasteiger partial charge in [-0.3, -0.25) is 0 Å². The van der Waals surface area contributed by atoms with Crippen molar-refractivity contribution in [1.29, 1.82) is 0 Å². The molecule has 0 aliphatic rings. The Balaban J connectivity index is 1.89. The number of thiocarbonyl (C=S) groups is 1. The maximum Gasteiger partial charge on any atom is 0.155 e. The molecule has 2 aromatic carbocycles. The smallest absolute Gasteiger partial charge is 0.155 e. The summed E-state index contributed by atoms with van der Waals surface area (Å²) in [4.78, 5) is 0.768. The lowest BCUT2D eigenvalue weighted by atomic mass is 10.3. The molecular formula is C18H18N4S. The summed E-state index contributed by atoms with van der Waals surface area (Å²) in [6.45, 7) is 2.03. The summed E-state index contributed by atoms with van der Waals surface area (Å²) in [7, 11) is 0. The third-order valence-corrected chi connectivity index (χ3v) is 3.80. The third-order valence-electron chi connectivity index (χ3n) is 3.34. The number of para-hydroxylation sites is 2. The molecule has 1 aromatic heterocycles. The van der Waals surface area contributed by atoms with Gasteiger partial charge in [0.2, 0.25) is 0 Å². The minimum Gasteiger partial charge on any atom is -0.340 e. The van der Waals surface area contributed by atoms with E-state index in [9.17, 15) is 0 Å². The lowest BCUT2D eigenvalue weighted by molar-refractivity contribution is 0.934. The lowest BCUT2D eigenvalue weighted by Gasteiger charge is -2.09. The van der Waals surface area contributed by atoms with Crippen molar-refractivity contribution < 1.29 is 0 Å². The van der Waals surface area contributed by atoms with Crippen molar-refractivity contribution >= 4 is 40.2 Å². The molecule has 0 aliphatic carbocycles. The first kappa shape index (κ1) is 15.2. The standard InChI is InChI=1S/C18H18N4S/c1-2-18(23)22-17(20-15-11-7-4-8-12-15)13-16(21-22)19-14-9-5-3-6-10-14/h3-13,20H,2H2,1H3,(H,19,21). The van der Waals surface area contributed by atoms with Crippen LogP contribution in [0.25, 0.3) is 0 Å². The van der Waals surface area contributed by atoms with Gasteiger partial charge in [0.25, 0.3) is 0 Å². The van der Waals surface area contributed by atoms with Crippen LogP contribution in [0.4, 0.5) is 23.0 Å². The summed E-state index contributed by atoms with van der Waals surface area (Å²) in [6, 6.07) is 21.9.